The van der Waals surface area contributed by atoms with Crippen molar-refractivity contribution >= 4 is 11.6 Å². The number of nitrogens with one attached hydrogen (secondary N) is 2. The van der Waals surface area contributed by atoms with Crippen molar-refractivity contribution in [2.45, 2.75) is 58.2 Å². The van der Waals surface area contributed by atoms with Gasteiger partial charge >= 0.3 is 0 Å². The number of hydrogen-bond acceptors (Lipinski definition) is 5. The molecule has 0 aromatic heterocycles. The molecule has 3 unspecified atom stereocenters. The molecule has 3 atom stereocenters. The Labute approximate surface area is 205 Å². The summed E-state index contributed by atoms with van der Waals surface area (Å²) in [7, 11) is 0. The van der Waals surface area contributed by atoms with Crippen molar-refractivity contribution in [1.82, 2.24) is 10.6 Å². The molecule has 1 amide bonds. The van der Waals surface area contributed by atoms with Gasteiger partial charge < -0.3 is 20.6 Å². The summed E-state index contributed by atoms with van der Waals surface area (Å²) < 4.78 is 27.3. The van der Waals surface area contributed by atoms with Crippen molar-refractivity contribution in [2.75, 3.05) is 24.5 Å². The molecule has 188 valence electrons. The predicted molar refractivity (Wildman–Crippen MR) is 132 cm³/mol. The van der Waals surface area contributed by atoms with Crippen molar-refractivity contribution in [2.24, 2.45) is 5.92 Å². The maximum absolute atomic E-state index is 13.6. The third-order valence-electron chi connectivity index (χ3n) is 6.21. The van der Waals surface area contributed by atoms with E-state index in [4.69, 9.17) is 0 Å². The zero-order valence-corrected chi connectivity index (χ0v) is 20.5. The molecule has 0 bridgehead atoms. The molecule has 0 saturated heterocycles. The third-order valence-corrected chi connectivity index (χ3v) is 6.21. The van der Waals surface area contributed by atoms with Crippen molar-refractivity contribution in [3.63, 3.8) is 0 Å². The van der Waals surface area contributed by atoms with E-state index in [0.29, 0.717) is 24.6 Å². The minimum absolute atomic E-state index is 0.0358. The zero-order chi connectivity index (χ0) is 25.5. The van der Waals surface area contributed by atoms with E-state index in [-0.39, 0.29) is 24.9 Å². The minimum Gasteiger partial charge on any atom is -0.390 e. The van der Waals surface area contributed by atoms with Crippen LogP contribution in [-0.4, -0.2) is 42.8 Å². The van der Waals surface area contributed by atoms with E-state index in [1.54, 1.807) is 0 Å². The van der Waals surface area contributed by atoms with Gasteiger partial charge in [0.2, 0.25) is 5.91 Å². The number of nitrogens with zero attached hydrogens (tertiary/aromatic N) is 2. The van der Waals surface area contributed by atoms with E-state index in [0.717, 1.165) is 30.2 Å². The molecular weight excluding hydrogens is 450 g/mol. The average Bonchev–Trinajstić information content (AvgIpc) is 2.76. The molecule has 8 heteroatoms. The molecule has 35 heavy (non-hydrogen) atoms. The van der Waals surface area contributed by atoms with Gasteiger partial charge in [-0.1, -0.05) is 26.0 Å². The number of benzene rings is 2. The summed E-state index contributed by atoms with van der Waals surface area (Å²) in [5.74, 6) is -1.23. The Morgan fingerprint density at radius 2 is 1.89 bits per heavy atom. The summed E-state index contributed by atoms with van der Waals surface area (Å²) in [6.07, 6.45) is 0.805. The SMILES string of the molecule is CC(=O)NC(Cc1cc(F)cc(F)c1)C(O)CNC1CCN(CC#N)c2ccc(CC(C)C)cc21. The highest BCUT2D eigenvalue weighted by atomic mass is 19.1. The van der Waals surface area contributed by atoms with Gasteiger partial charge in [-0.2, -0.15) is 5.26 Å². The first-order valence-electron chi connectivity index (χ1n) is 12.0. The Bertz CT molecular complexity index is 1050. The lowest BCUT2D eigenvalue weighted by Crippen LogP contribution is -2.49. The topological polar surface area (TPSA) is 88.4 Å². The van der Waals surface area contributed by atoms with Crippen LogP contribution in [0.25, 0.3) is 0 Å². The summed E-state index contributed by atoms with van der Waals surface area (Å²) >= 11 is 0. The second kappa shape index (κ2) is 12.1. The third kappa shape index (κ3) is 7.48. The van der Waals surface area contributed by atoms with Crippen molar-refractivity contribution in [3.05, 3.63) is 64.7 Å². The lowest BCUT2D eigenvalue weighted by Gasteiger charge is -2.36. The van der Waals surface area contributed by atoms with Gasteiger partial charge in [-0.15, -0.1) is 0 Å². The van der Waals surface area contributed by atoms with Crippen LogP contribution in [0.4, 0.5) is 14.5 Å². The van der Waals surface area contributed by atoms with Gasteiger partial charge in [-0.05, 0) is 60.1 Å². The molecular formula is C27H34F2N4O2. The molecule has 3 rings (SSSR count). The summed E-state index contributed by atoms with van der Waals surface area (Å²) in [4.78, 5) is 13.8. The fourth-order valence-electron chi connectivity index (χ4n) is 4.72. The van der Waals surface area contributed by atoms with E-state index < -0.39 is 23.8 Å². The largest absolute Gasteiger partial charge is 0.390 e. The molecule has 0 aliphatic carbocycles. The Hall–Kier alpha value is -3.02. The van der Waals surface area contributed by atoms with Crippen molar-refractivity contribution in [3.8, 4) is 6.07 Å². The van der Waals surface area contributed by atoms with E-state index >= 15 is 0 Å². The number of halogens is 2. The van der Waals surface area contributed by atoms with Gasteiger partial charge in [0, 0.05) is 37.8 Å². The van der Waals surface area contributed by atoms with Crippen LogP contribution in [0.15, 0.2) is 36.4 Å². The van der Waals surface area contributed by atoms with Crippen molar-refractivity contribution < 1.29 is 18.7 Å². The van der Waals surface area contributed by atoms with Gasteiger partial charge in [0.15, 0.2) is 0 Å². The van der Waals surface area contributed by atoms with Crippen LogP contribution in [0.5, 0.6) is 0 Å². The van der Waals surface area contributed by atoms with Crippen LogP contribution in [0, 0.1) is 28.9 Å². The Kier molecular flexibility index (Phi) is 9.19. The van der Waals surface area contributed by atoms with E-state index in [1.807, 2.05) is 0 Å². The van der Waals surface area contributed by atoms with Gasteiger partial charge in [-0.3, -0.25) is 4.79 Å². The highest BCUT2D eigenvalue weighted by Gasteiger charge is 2.28. The first kappa shape index (κ1) is 26.6. The standard InChI is InChI=1S/C27H34F2N4O2/c1-17(2)10-19-4-5-26-23(13-19)24(6-8-33(26)9-7-30)31-16-27(35)25(32-18(3)34)14-20-11-21(28)15-22(29)12-20/h4-5,11-13,15,17,24-25,27,31,35H,6,8-10,14,16H2,1-3H3,(H,32,34). The number of fused-ring (bicyclic) bond motifs is 1. The predicted octanol–water partition coefficient (Wildman–Crippen LogP) is 3.64. The molecule has 0 spiro atoms. The van der Waals surface area contributed by atoms with E-state index in [1.165, 1.54) is 24.6 Å². The second-order valence-corrected chi connectivity index (χ2v) is 9.68. The highest BCUT2D eigenvalue weighted by Crippen LogP contribution is 2.35. The van der Waals surface area contributed by atoms with Crippen LogP contribution in [0.3, 0.4) is 0 Å². The summed E-state index contributed by atoms with van der Waals surface area (Å²) in [5, 5.41) is 26.3. The number of hydrogen-bond donors (Lipinski definition) is 3. The molecule has 0 saturated carbocycles. The Balaban J connectivity index is 1.76. The lowest BCUT2D eigenvalue weighted by molar-refractivity contribution is -0.120. The molecule has 1 aliphatic heterocycles. The minimum atomic E-state index is -0.982. The summed E-state index contributed by atoms with van der Waals surface area (Å²) in [5.41, 5.74) is 3.66. The van der Waals surface area contributed by atoms with Crippen molar-refractivity contribution in [1.29, 1.82) is 5.26 Å². The second-order valence-electron chi connectivity index (χ2n) is 9.68. The molecule has 0 fully saturated rings. The van der Waals surface area contributed by atoms with Gasteiger partial charge in [0.25, 0.3) is 0 Å². The number of carbonyl (C=O) groups excluding carboxylic acids is 1. The Morgan fingerprint density at radius 3 is 2.51 bits per heavy atom. The van der Waals surface area contributed by atoms with Crippen LogP contribution in [0.2, 0.25) is 0 Å². The van der Waals surface area contributed by atoms with E-state index in [9.17, 15) is 23.9 Å². The average molecular weight is 485 g/mol. The van der Waals surface area contributed by atoms with E-state index in [2.05, 4.69) is 53.6 Å². The molecule has 1 aliphatic rings. The summed E-state index contributed by atoms with van der Waals surface area (Å²) in [6, 6.07) is 11.0. The Morgan fingerprint density at radius 1 is 1.17 bits per heavy atom. The molecule has 0 radical (unpaired) electrons. The normalized spacial score (nSPS) is 17.0. The number of aliphatic hydroxyl groups is 1. The van der Waals surface area contributed by atoms with Gasteiger partial charge in [0.05, 0.1) is 18.2 Å². The smallest absolute Gasteiger partial charge is 0.217 e. The fourth-order valence-corrected chi connectivity index (χ4v) is 4.72. The maximum atomic E-state index is 13.6. The number of rotatable bonds is 10. The van der Waals surface area contributed by atoms with Gasteiger partial charge in [-0.25, -0.2) is 8.78 Å². The number of carbonyl (C=O) groups is 1. The molecule has 2 aromatic rings. The number of nitriles is 1. The fraction of sp³-hybridized carbons (Fsp3) is 0.481. The van der Waals surface area contributed by atoms with Gasteiger partial charge in [0.1, 0.15) is 18.2 Å². The first-order chi connectivity index (χ1) is 16.7. The lowest BCUT2D eigenvalue weighted by atomic mass is 9.91. The highest BCUT2D eigenvalue weighted by molar-refractivity contribution is 5.73. The number of amides is 1. The van der Waals surface area contributed by atoms with Crippen LogP contribution in [0.1, 0.15) is 49.9 Å². The molecule has 2 aromatic carbocycles. The van der Waals surface area contributed by atoms with Crippen LogP contribution >= 0.6 is 0 Å². The first-order valence-corrected chi connectivity index (χ1v) is 12.0. The van der Waals surface area contributed by atoms with Crippen LogP contribution in [-0.2, 0) is 17.6 Å². The number of anilines is 1. The monoisotopic (exact) mass is 484 g/mol. The number of aliphatic hydroxyl groups excluding tert-OH is 1. The molecule has 3 N–H and O–H groups in total. The zero-order valence-electron chi connectivity index (χ0n) is 20.5. The molecule has 1 heterocycles. The maximum Gasteiger partial charge on any atom is 0.217 e. The van der Waals surface area contributed by atoms with Crippen LogP contribution < -0.4 is 15.5 Å². The quantitative estimate of drug-likeness (QED) is 0.448. The molecule has 6 nitrogen and oxygen atoms in total. The summed E-state index contributed by atoms with van der Waals surface area (Å²) in [6.45, 7) is 6.87.